The molecule has 1 aromatic heterocycles. The molecule has 0 saturated heterocycles. The summed E-state index contributed by atoms with van der Waals surface area (Å²) in [5, 5.41) is 0. The predicted octanol–water partition coefficient (Wildman–Crippen LogP) is 8.13. The number of unbranched alkanes of at least 4 members (excludes halogenated alkanes) is 2. The summed E-state index contributed by atoms with van der Waals surface area (Å²) in [6.45, 7) is 10.7. The Labute approximate surface area is 211 Å². The van der Waals surface area contributed by atoms with E-state index in [-0.39, 0.29) is 0 Å². The van der Waals surface area contributed by atoms with Crippen molar-refractivity contribution in [3.63, 3.8) is 0 Å². The van der Waals surface area contributed by atoms with E-state index in [1.54, 1.807) is 0 Å². The number of nitrogens with zero attached hydrogens (tertiary/aromatic N) is 3. The molecule has 0 radical (unpaired) electrons. The first-order chi connectivity index (χ1) is 17.2. The van der Waals surface area contributed by atoms with Crippen molar-refractivity contribution in [1.29, 1.82) is 0 Å². The molecular formula is C32H39N3. The predicted molar refractivity (Wildman–Crippen MR) is 148 cm³/mol. The van der Waals surface area contributed by atoms with Crippen LogP contribution in [0.5, 0.6) is 0 Å². The van der Waals surface area contributed by atoms with Gasteiger partial charge in [-0.3, -0.25) is 4.90 Å². The zero-order valence-corrected chi connectivity index (χ0v) is 21.6. The van der Waals surface area contributed by atoms with Crippen molar-refractivity contribution in [2.75, 3.05) is 6.54 Å². The second-order valence-electron chi connectivity index (χ2n) is 9.46. The van der Waals surface area contributed by atoms with E-state index in [0.717, 1.165) is 50.5 Å². The van der Waals surface area contributed by atoms with Crippen LogP contribution in [-0.2, 0) is 19.6 Å². The van der Waals surface area contributed by atoms with Crippen LogP contribution in [0.1, 0.15) is 56.4 Å². The largest absolute Gasteiger partial charge is 0.326 e. The summed E-state index contributed by atoms with van der Waals surface area (Å²) in [5.74, 6) is 1.08. The molecule has 35 heavy (non-hydrogen) atoms. The smallest absolute Gasteiger partial charge is 0.140 e. The Kier molecular flexibility index (Phi) is 8.91. The molecule has 4 aromatic rings. The molecule has 0 atom stereocenters. The van der Waals surface area contributed by atoms with Gasteiger partial charge in [-0.15, -0.1) is 0 Å². The first-order valence-corrected chi connectivity index (χ1v) is 13.2. The molecule has 0 saturated carbocycles. The van der Waals surface area contributed by atoms with Crippen LogP contribution < -0.4 is 0 Å². The molecule has 0 N–H and O–H groups in total. The molecule has 1 heterocycles. The Morgan fingerprint density at radius 1 is 0.714 bits per heavy atom. The Bertz CT molecular complexity index is 1180. The van der Waals surface area contributed by atoms with Crippen LogP contribution in [0.4, 0.5) is 0 Å². The number of benzene rings is 3. The van der Waals surface area contributed by atoms with Crippen LogP contribution in [-0.4, -0.2) is 21.0 Å². The second-order valence-corrected chi connectivity index (χ2v) is 9.46. The van der Waals surface area contributed by atoms with Crippen molar-refractivity contribution >= 4 is 0 Å². The normalized spacial score (nSPS) is 11.3. The molecule has 0 amide bonds. The van der Waals surface area contributed by atoms with E-state index in [1.165, 1.54) is 40.8 Å². The lowest BCUT2D eigenvalue weighted by atomic mass is 10.1. The quantitative estimate of drug-likeness (QED) is 0.211. The van der Waals surface area contributed by atoms with Crippen molar-refractivity contribution in [3.05, 3.63) is 102 Å². The van der Waals surface area contributed by atoms with Crippen molar-refractivity contribution in [3.8, 4) is 22.6 Å². The average molecular weight is 466 g/mol. The van der Waals surface area contributed by atoms with Gasteiger partial charge in [0.15, 0.2) is 0 Å². The van der Waals surface area contributed by atoms with Crippen LogP contribution in [0.3, 0.4) is 0 Å². The fourth-order valence-corrected chi connectivity index (χ4v) is 4.67. The minimum Gasteiger partial charge on any atom is -0.326 e. The van der Waals surface area contributed by atoms with Crippen LogP contribution in [0.25, 0.3) is 22.6 Å². The number of hydrogen-bond acceptors (Lipinski definition) is 2. The van der Waals surface area contributed by atoms with Crippen molar-refractivity contribution in [2.45, 2.75) is 66.1 Å². The first kappa shape index (κ1) is 24.9. The highest BCUT2D eigenvalue weighted by Gasteiger charge is 2.22. The van der Waals surface area contributed by atoms with Crippen LogP contribution >= 0.6 is 0 Å². The molecule has 3 nitrogen and oxygen atoms in total. The van der Waals surface area contributed by atoms with Gasteiger partial charge in [-0.25, -0.2) is 4.98 Å². The Morgan fingerprint density at radius 3 is 2.00 bits per heavy atom. The molecule has 0 bridgehead atoms. The molecule has 0 spiro atoms. The maximum absolute atomic E-state index is 5.30. The summed E-state index contributed by atoms with van der Waals surface area (Å²) in [5.41, 5.74) is 7.60. The van der Waals surface area contributed by atoms with E-state index < -0.39 is 0 Å². The number of rotatable bonds is 12. The minimum absolute atomic E-state index is 0.891. The fourth-order valence-electron chi connectivity index (χ4n) is 4.67. The summed E-state index contributed by atoms with van der Waals surface area (Å²) in [6.07, 6.45) is 4.70. The molecule has 4 rings (SSSR count). The summed E-state index contributed by atoms with van der Waals surface area (Å²) in [4.78, 5) is 7.92. The monoisotopic (exact) mass is 465 g/mol. The average Bonchev–Trinajstić information content (AvgIpc) is 3.26. The van der Waals surface area contributed by atoms with Crippen molar-refractivity contribution in [2.24, 2.45) is 0 Å². The molecule has 0 aliphatic rings. The Hall–Kier alpha value is -3.17. The highest BCUT2D eigenvalue weighted by Crippen LogP contribution is 2.31. The number of hydrogen-bond donors (Lipinski definition) is 0. The first-order valence-electron chi connectivity index (χ1n) is 13.2. The Morgan fingerprint density at radius 2 is 1.34 bits per heavy atom. The highest BCUT2D eigenvalue weighted by molar-refractivity contribution is 5.68. The van der Waals surface area contributed by atoms with Gasteiger partial charge >= 0.3 is 0 Å². The molecule has 3 heteroatoms. The lowest BCUT2D eigenvalue weighted by Gasteiger charge is -2.25. The van der Waals surface area contributed by atoms with Gasteiger partial charge in [0.25, 0.3) is 0 Å². The van der Waals surface area contributed by atoms with Gasteiger partial charge in [0.2, 0.25) is 0 Å². The standard InChI is InChI=1S/C32H39N3/c1-4-6-22-34(24-29-21-15-14-16-26(29)3)25-30-31(27-17-10-8-11-18-27)33-32(35(30)23-7-5-2)28-19-12-9-13-20-28/h8-21H,4-7,22-25H2,1-3H3. The topological polar surface area (TPSA) is 21.1 Å². The summed E-state index contributed by atoms with van der Waals surface area (Å²) in [7, 11) is 0. The third-order valence-corrected chi connectivity index (χ3v) is 6.74. The lowest BCUT2D eigenvalue weighted by Crippen LogP contribution is -2.26. The molecule has 0 unspecified atom stereocenters. The van der Waals surface area contributed by atoms with E-state index in [2.05, 4.69) is 115 Å². The second kappa shape index (κ2) is 12.5. The highest BCUT2D eigenvalue weighted by atomic mass is 15.2. The maximum atomic E-state index is 5.30. The van der Waals surface area contributed by atoms with E-state index in [1.807, 2.05) is 0 Å². The van der Waals surface area contributed by atoms with Gasteiger partial charge in [-0.2, -0.15) is 0 Å². The van der Waals surface area contributed by atoms with Crippen LogP contribution in [0.2, 0.25) is 0 Å². The van der Waals surface area contributed by atoms with E-state index in [9.17, 15) is 0 Å². The summed E-state index contributed by atoms with van der Waals surface area (Å²) < 4.78 is 2.50. The lowest BCUT2D eigenvalue weighted by molar-refractivity contribution is 0.246. The van der Waals surface area contributed by atoms with Crippen LogP contribution in [0, 0.1) is 6.92 Å². The van der Waals surface area contributed by atoms with Gasteiger partial charge in [0.05, 0.1) is 11.4 Å². The summed E-state index contributed by atoms with van der Waals surface area (Å²) in [6, 6.07) is 30.2. The van der Waals surface area contributed by atoms with Crippen molar-refractivity contribution < 1.29 is 0 Å². The fraction of sp³-hybridized carbons (Fsp3) is 0.344. The third-order valence-electron chi connectivity index (χ3n) is 6.74. The number of imidazole rings is 1. The van der Waals surface area contributed by atoms with E-state index in [4.69, 9.17) is 4.98 Å². The van der Waals surface area contributed by atoms with Gasteiger partial charge in [0, 0.05) is 30.8 Å². The third kappa shape index (κ3) is 6.29. The number of aromatic nitrogens is 2. The van der Waals surface area contributed by atoms with Gasteiger partial charge < -0.3 is 4.57 Å². The van der Waals surface area contributed by atoms with E-state index >= 15 is 0 Å². The molecule has 0 fully saturated rings. The zero-order valence-electron chi connectivity index (χ0n) is 21.6. The van der Waals surface area contributed by atoms with Gasteiger partial charge in [0.1, 0.15) is 5.82 Å². The summed E-state index contributed by atoms with van der Waals surface area (Å²) >= 11 is 0. The van der Waals surface area contributed by atoms with E-state index in [0.29, 0.717) is 0 Å². The van der Waals surface area contributed by atoms with Crippen LogP contribution in [0.15, 0.2) is 84.9 Å². The minimum atomic E-state index is 0.891. The molecule has 182 valence electrons. The molecule has 0 aliphatic heterocycles. The van der Waals surface area contributed by atoms with Gasteiger partial charge in [-0.05, 0) is 37.4 Å². The molecular weight excluding hydrogens is 426 g/mol. The molecule has 3 aromatic carbocycles. The number of aryl methyl sites for hydroxylation is 1. The van der Waals surface area contributed by atoms with Gasteiger partial charge in [-0.1, -0.05) is 112 Å². The zero-order chi connectivity index (χ0) is 24.5. The van der Waals surface area contributed by atoms with Crippen molar-refractivity contribution in [1.82, 2.24) is 14.5 Å². The molecule has 0 aliphatic carbocycles. The SMILES string of the molecule is CCCCN(Cc1ccccc1C)Cc1c(-c2ccccc2)nc(-c2ccccc2)n1CCCC. The maximum Gasteiger partial charge on any atom is 0.140 e. The Balaban J connectivity index is 1.80.